The summed E-state index contributed by atoms with van der Waals surface area (Å²) in [5.74, 6) is 0. The summed E-state index contributed by atoms with van der Waals surface area (Å²) in [6, 6.07) is 0. The highest BCUT2D eigenvalue weighted by atomic mass is 16.6. The van der Waals surface area contributed by atoms with E-state index in [9.17, 15) is 15.3 Å². The van der Waals surface area contributed by atoms with E-state index in [-0.39, 0.29) is 0 Å². The van der Waals surface area contributed by atoms with E-state index in [2.05, 4.69) is 15.0 Å². The molecule has 0 radical (unpaired) electrons. The van der Waals surface area contributed by atoms with Crippen LogP contribution >= 0.6 is 0 Å². The van der Waals surface area contributed by atoms with Gasteiger partial charge in [0.25, 0.3) is 0 Å². The van der Waals surface area contributed by atoms with Gasteiger partial charge in [0.05, 0.1) is 19.1 Å². The third-order valence-electron chi connectivity index (χ3n) is 3.89. The second kappa shape index (κ2) is 5.19. The minimum Gasteiger partial charge on any atom is -0.394 e. The molecule has 10 nitrogen and oxygen atoms in total. The molecule has 0 aromatic carbocycles. The first-order valence-electron chi connectivity index (χ1n) is 6.73. The van der Waals surface area contributed by atoms with Gasteiger partial charge in [0.15, 0.2) is 11.9 Å². The molecule has 0 bridgehead atoms. The number of aromatic nitrogens is 4. The average molecular weight is 310 g/mol. The van der Waals surface area contributed by atoms with Crippen molar-refractivity contribution >= 4 is 11.2 Å². The van der Waals surface area contributed by atoms with Gasteiger partial charge in [-0.25, -0.2) is 15.0 Å². The largest absolute Gasteiger partial charge is 0.394 e. The number of aliphatic hydroxyl groups excluding tert-OH is 2. The summed E-state index contributed by atoms with van der Waals surface area (Å²) < 4.78 is 7.00. The third-order valence-corrected chi connectivity index (χ3v) is 3.89. The average Bonchev–Trinajstić information content (AvgIpc) is 2.99. The molecule has 22 heavy (non-hydrogen) atoms. The van der Waals surface area contributed by atoms with Crippen LogP contribution in [0.15, 0.2) is 12.7 Å². The summed E-state index contributed by atoms with van der Waals surface area (Å²) >= 11 is 0. The van der Waals surface area contributed by atoms with Crippen LogP contribution in [0, 0.1) is 0 Å². The molecule has 2 aromatic rings. The molecule has 120 valence electrons. The monoisotopic (exact) mass is 310 g/mol. The normalized spacial score (nSPS) is 32.2. The number of nitrogens with zero attached hydrogens (tertiary/aromatic N) is 4. The molecule has 3 heterocycles. The van der Waals surface area contributed by atoms with Crippen LogP contribution in [0.3, 0.4) is 0 Å². The van der Waals surface area contributed by atoms with E-state index in [1.54, 1.807) is 0 Å². The topological polar surface area (TPSA) is 166 Å². The van der Waals surface area contributed by atoms with Gasteiger partial charge in [0.1, 0.15) is 35.3 Å². The van der Waals surface area contributed by atoms with Crippen molar-refractivity contribution in [1.82, 2.24) is 19.5 Å². The van der Waals surface area contributed by atoms with Crippen molar-refractivity contribution in [3.63, 3.8) is 0 Å². The SMILES string of the molecule is CC1(O)C(O)C(CO)OC1n1cnc2c(C(N)N)ncnc21. The zero-order valence-electron chi connectivity index (χ0n) is 11.9. The number of rotatable bonds is 3. The molecule has 1 aliphatic rings. The van der Waals surface area contributed by atoms with E-state index < -0.39 is 36.8 Å². The summed E-state index contributed by atoms with van der Waals surface area (Å²) in [7, 11) is 0. The first-order chi connectivity index (χ1) is 10.4. The Hall–Kier alpha value is -1.69. The van der Waals surface area contributed by atoms with Crippen LogP contribution < -0.4 is 11.5 Å². The number of imidazole rings is 1. The lowest BCUT2D eigenvalue weighted by atomic mass is 9.96. The molecule has 7 N–H and O–H groups in total. The molecule has 1 aliphatic heterocycles. The maximum absolute atomic E-state index is 10.5. The van der Waals surface area contributed by atoms with Crippen molar-refractivity contribution < 1.29 is 20.1 Å². The Kier molecular flexibility index (Phi) is 3.59. The zero-order valence-corrected chi connectivity index (χ0v) is 11.9. The Bertz CT molecular complexity index is 687. The second-order valence-electron chi connectivity index (χ2n) is 5.49. The number of hydrogen-bond donors (Lipinski definition) is 5. The van der Waals surface area contributed by atoms with E-state index in [0.29, 0.717) is 16.9 Å². The van der Waals surface area contributed by atoms with Gasteiger partial charge in [-0.3, -0.25) is 4.57 Å². The fraction of sp³-hybridized carbons (Fsp3) is 0.583. The van der Waals surface area contributed by atoms with E-state index in [1.807, 2.05) is 0 Å². The molecule has 0 spiro atoms. The molecular weight excluding hydrogens is 292 g/mol. The maximum Gasteiger partial charge on any atom is 0.168 e. The summed E-state index contributed by atoms with van der Waals surface area (Å²) in [6.45, 7) is 0.995. The van der Waals surface area contributed by atoms with Crippen molar-refractivity contribution in [3.05, 3.63) is 18.3 Å². The van der Waals surface area contributed by atoms with Crippen molar-refractivity contribution in [2.75, 3.05) is 6.61 Å². The van der Waals surface area contributed by atoms with Crippen LogP contribution in [-0.4, -0.2) is 59.3 Å². The van der Waals surface area contributed by atoms with Gasteiger partial charge in [-0.2, -0.15) is 0 Å². The van der Waals surface area contributed by atoms with Gasteiger partial charge >= 0.3 is 0 Å². The molecule has 1 saturated heterocycles. The van der Waals surface area contributed by atoms with Crippen molar-refractivity contribution in [2.24, 2.45) is 11.5 Å². The minimum absolute atomic E-state index is 0.362. The first kappa shape index (κ1) is 15.2. The van der Waals surface area contributed by atoms with E-state index in [0.717, 1.165) is 0 Å². The lowest BCUT2D eigenvalue weighted by Gasteiger charge is -2.27. The Balaban J connectivity index is 2.10. The van der Waals surface area contributed by atoms with E-state index in [1.165, 1.54) is 24.1 Å². The lowest BCUT2D eigenvalue weighted by molar-refractivity contribution is -0.0950. The van der Waals surface area contributed by atoms with Crippen LogP contribution in [0.5, 0.6) is 0 Å². The Morgan fingerprint density at radius 3 is 2.73 bits per heavy atom. The van der Waals surface area contributed by atoms with Gasteiger partial charge < -0.3 is 31.5 Å². The smallest absolute Gasteiger partial charge is 0.168 e. The number of fused-ring (bicyclic) bond motifs is 1. The predicted molar refractivity (Wildman–Crippen MR) is 74.1 cm³/mol. The fourth-order valence-electron chi connectivity index (χ4n) is 2.68. The van der Waals surface area contributed by atoms with Crippen LogP contribution in [0.1, 0.15) is 25.0 Å². The maximum atomic E-state index is 10.5. The lowest BCUT2D eigenvalue weighted by Crippen LogP contribution is -2.44. The third kappa shape index (κ3) is 2.08. The molecule has 4 atom stereocenters. The van der Waals surface area contributed by atoms with Gasteiger partial charge in [-0.1, -0.05) is 0 Å². The van der Waals surface area contributed by atoms with Gasteiger partial charge in [-0.05, 0) is 6.92 Å². The molecule has 0 amide bonds. The van der Waals surface area contributed by atoms with Gasteiger partial charge in [0, 0.05) is 0 Å². The molecule has 0 saturated carbocycles. The zero-order chi connectivity index (χ0) is 16.1. The van der Waals surface area contributed by atoms with E-state index in [4.69, 9.17) is 16.2 Å². The van der Waals surface area contributed by atoms with Crippen LogP contribution in [0.25, 0.3) is 11.2 Å². The molecular formula is C12H18N6O4. The number of hydrogen-bond acceptors (Lipinski definition) is 9. The molecule has 0 aliphatic carbocycles. The van der Waals surface area contributed by atoms with Crippen molar-refractivity contribution in [1.29, 1.82) is 0 Å². The molecule has 10 heteroatoms. The Morgan fingerprint density at radius 2 is 2.14 bits per heavy atom. The Labute approximate surface area is 125 Å². The number of nitrogens with two attached hydrogens (primary N) is 2. The second-order valence-corrected chi connectivity index (χ2v) is 5.49. The van der Waals surface area contributed by atoms with E-state index >= 15 is 0 Å². The van der Waals surface area contributed by atoms with Crippen molar-refractivity contribution in [3.8, 4) is 0 Å². The molecule has 4 unspecified atom stereocenters. The highest BCUT2D eigenvalue weighted by Crippen LogP contribution is 2.39. The molecule has 3 rings (SSSR count). The Morgan fingerprint density at radius 1 is 1.41 bits per heavy atom. The van der Waals surface area contributed by atoms with Crippen LogP contribution in [0.4, 0.5) is 0 Å². The number of ether oxygens (including phenoxy) is 1. The van der Waals surface area contributed by atoms with Crippen molar-refractivity contribution in [2.45, 2.75) is 37.1 Å². The predicted octanol–water partition coefficient (Wildman–Crippen LogP) is -2.26. The standard InChI is InChI=1S/C12H18N6O4/c1-12(21)8(20)5(2-19)22-11(12)18-4-17-7-6(9(13)14)15-3-16-10(7)18/h3-5,8-9,11,19-21H,2,13-14H2,1H3. The molecule has 2 aromatic heterocycles. The highest BCUT2D eigenvalue weighted by molar-refractivity contribution is 5.73. The van der Waals surface area contributed by atoms with Gasteiger partial charge in [0.2, 0.25) is 0 Å². The summed E-state index contributed by atoms with van der Waals surface area (Å²) in [5.41, 5.74) is 10.8. The summed E-state index contributed by atoms with van der Waals surface area (Å²) in [5, 5.41) is 29.8. The fourth-order valence-corrected chi connectivity index (χ4v) is 2.68. The number of aliphatic hydroxyl groups is 3. The quantitative estimate of drug-likeness (QED) is 0.393. The summed E-state index contributed by atoms with van der Waals surface area (Å²) in [6.07, 6.45) is -1.27. The highest BCUT2D eigenvalue weighted by Gasteiger charge is 2.53. The van der Waals surface area contributed by atoms with Crippen LogP contribution in [0.2, 0.25) is 0 Å². The summed E-state index contributed by atoms with van der Waals surface area (Å²) in [4.78, 5) is 12.3. The van der Waals surface area contributed by atoms with Crippen LogP contribution in [-0.2, 0) is 4.74 Å². The first-order valence-corrected chi connectivity index (χ1v) is 6.73. The molecule has 1 fully saturated rings. The minimum atomic E-state index is -1.63. The van der Waals surface area contributed by atoms with Gasteiger partial charge in [-0.15, -0.1) is 0 Å².